The van der Waals surface area contributed by atoms with Crippen molar-refractivity contribution < 1.29 is 9.66 Å². The summed E-state index contributed by atoms with van der Waals surface area (Å²) in [5, 5.41) is 15.3. The fourth-order valence-electron chi connectivity index (χ4n) is 2.21. The number of fused-ring (bicyclic) bond motifs is 1. The molecule has 1 aromatic carbocycles. The molecule has 0 aliphatic rings. The van der Waals surface area contributed by atoms with E-state index < -0.39 is 4.92 Å². The third-order valence-electron chi connectivity index (χ3n) is 3.48. The predicted molar refractivity (Wildman–Crippen MR) is 82.7 cm³/mol. The topological polar surface area (TPSA) is 95.5 Å². The molecule has 0 unspecified atom stereocenters. The van der Waals surface area contributed by atoms with Gasteiger partial charge in [-0.2, -0.15) is 14.6 Å². The zero-order chi connectivity index (χ0) is 16.4. The number of nitro groups is 1. The highest BCUT2D eigenvalue weighted by Crippen LogP contribution is 2.32. The highest BCUT2D eigenvalue weighted by Gasteiger charge is 2.18. The lowest BCUT2D eigenvalue weighted by molar-refractivity contribution is -0.385. The van der Waals surface area contributed by atoms with Crippen LogP contribution in [-0.2, 0) is 12.8 Å². The van der Waals surface area contributed by atoms with Gasteiger partial charge in [-0.25, -0.2) is 4.98 Å². The first-order valence-electron chi connectivity index (χ1n) is 7.27. The number of aryl methyl sites for hydroxylation is 2. The van der Waals surface area contributed by atoms with Gasteiger partial charge in [0.1, 0.15) is 6.33 Å². The molecule has 3 rings (SSSR count). The van der Waals surface area contributed by atoms with Gasteiger partial charge >= 0.3 is 5.69 Å². The van der Waals surface area contributed by atoms with Crippen molar-refractivity contribution in [3.8, 4) is 11.6 Å². The number of hydrogen-bond acceptors (Lipinski definition) is 6. The Kier molecular flexibility index (Phi) is 3.88. The number of nitrogens with zero attached hydrogens (tertiary/aromatic N) is 5. The van der Waals surface area contributed by atoms with Crippen molar-refractivity contribution in [1.29, 1.82) is 0 Å². The van der Waals surface area contributed by atoms with Crippen LogP contribution in [0.1, 0.15) is 25.1 Å². The van der Waals surface area contributed by atoms with Crippen molar-refractivity contribution in [2.75, 3.05) is 0 Å². The molecule has 3 aromatic rings. The third kappa shape index (κ3) is 2.83. The predicted octanol–water partition coefficient (Wildman–Crippen LogP) is 2.95. The maximum atomic E-state index is 11.3. The van der Waals surface area contributed by atoms with Gasteiger partial charge in [-0.1, -0.05) is 19.9 Å². The Morgan fingerprint density at radius 2 is 2.09 bits per heavy atom. The van der Waals surface area contributed by atoms with E-state index in [1.807, 2.05) is 19.9 Å². The number of nitro benzene ring substituents is 1. The van der Waals surface area contributed by atoms with E-state index in [9.17, 15) is 10.1 Å². The van der Waals surface area contributed by atoms with Crippen molar-refractivity contribution >= 4 is 11.5 Å². The van der Waals surface area contributed by atoms with Crippen molar-refractivity contribution in [1.82, 2.24) is 19.6 Å². The second kappa shape index (κ2) is 5.99. The van der Waals surface area contributed by atoms with Crippen LogP contribution in [0.5, 0.6) is 11.6 Å². The van der Waals surface area contributed by atoms with E-state index in [2.05, 4.69) is 15.1 Å². The fourth-order valence-corrected chi connectivity index (χ4v) is 2.21. The number of aromatic nitrogens is 4. The fraction of sp³-hybridized carbons (Fsp3) is 0.267. The molecule has 0 spiro atoms. The molecule has 0 bridgehead atoms. The molecule has 8 heteroatoms. The zero-order valence-electron chi connectivity index (χ0n) is 12.8. The largest absolute Gasteiger partial charge is 0.432 e. The van der Waals surface area contributed by atoms with E-state index in [-0.39, 0.29) is 11.4 Å². The van der Waals surface area contributed by atoms with Gasteiger partial charge in [-0.05, 0) is 24.5 Å². The van der Waals surface area contributed by atoms with E-state index in [0.717, 1.165) is 11.3 Å². The Balaban J connectivity index is 2.08. The highest BCUT2D eigenvalue weighted by atomic mass is 16.6. The molecule has 118 valence electrons. The molecule has 0 amide bonds. The van der Waals surface area contributed by atoms with E-state index >= 15 is 0 Å². The molecule has 0 saturated carbocycles. The Hall–Kier alpha value is -3.03. The lowest BCUT2D eigenvalue weighted by Gasteiger charge is -2.09. The molecule has 0 aliphatic heterocycles. The number of benzene rings is 1. The lowest BCUT2D eigenvalue weighted by Crippen LogP contribution is -2.02. The molecule has 8 nitrogen and oxygen atoms in total. The molecule has 0 atom stereocenters. The summed E-state index contributed by atoms with van der Waals surface area (Å²) < 4.78 is 7.18. The normalized spacial score (nSPS) is 10.9. The number of rotatable bonds is 5. The summed E-state index contributed by atoms with van der Waals surface area (Å²) in [4.78, 5) is 19.2. The van der Waals surface area contributed by atoms with Gasteiger partial charge in [-0.15, -0.1) is 0 Å². The first-order valence-corrected chi connectivity index (χ1v) is 7.27. The van der Waals surface area contributed by atoms with Crippen molar-refractivity contribution in [3.05, 3.63) is 52.0 Å². The standard InChI is InChI=1S/C15H15N5O3/c1-3-10-5-6-13(12(7-10)20(21)22)23-14-8-11(4-2)18-15-16-9-17-19(14)15/h5-9H,3-4H2,1-2H3. The van der Waals surface area contributed by atoms with Gasteiger partial charge in [0.15, 0.2) is 0 Å². The van der Waals surface area contributed by atoms with Gasteiger partial charge in [0, 0.05) is 17.8 Å². The van der Waals surface area contributed by atoms with Crippen LogP contribution in [0.25, 0.3) is 5.78 Å². The third-order valence-corrected chi connectivity index (χ3v) is 3.48. The second-order valence-corrected chi connectivity index (χ2v) is 4.93. The molecule has 0 radical (unpaired) electrons. The summed E-state index contributed by atoms with van der Waals surface area (Å²) in [6, 6.07) is 6.64. The summed E-state index contributed by atoms with van der Waals surface area (Å²) in [6.07, 6.45) is 2.77. The quantitative estimate of drug-likeness (QED) is 0.531. The van der Waals surface area contributed by atoms with E-state index in [0.29, 0.717) is 24.5 Å². The molecule has 0 saturated heterocycles. The van der Waals surface area contributed by atoms with E-state index in [4.69, 9.17) is 4.74 Å². The maximum Gasteiger partial charge on any atom is 0.311 e. The Morgan fingerprint density at radius 1 is 1.26 bits per heavy atom. The zero-order valence-corrected chi connectivity index (χ0v) is 12.8. The number of ether oxygens (including phenoxy) is 1. The van der Waals surface area contributed by atoms with Crippen LogP contribution in [0.4, 0.5) is 5.69 Å². The average Bonchev–Trinajstić information content (AvgIpc) is 3.03. The van der Waals surface area contributed by atoms with Gasteiger partial charge in [0.25, 0.3) is 5.78 Å². The molecule has 0 fully saturated rings. The van der Waals surface area contributed by atoms with Crippen LogP contribution in [0, 0.1) is 10.1 Å². The number of hydrogen-bond donors (Lipinski definition) is 0. The molecule has 0 N–H and O–H groups in total. The first-order chi connectivity index (χ1) is 11.1. The average molecular weight is 313 g/mol. The molecular formula is C15H15N5O3. The summed E-state index contributed by atoms with van der Waals surface area (Å²) in [6.45, 7) is 3.90. The smallest absolute Gasteiger partial charge is 0.311 e. The van der Waals surface area contributed by atoms with Crippen LogP contribution >= 0.6 is 0 Å². The molecule has 2 aromatic heterocycles. The lowest BCUT2D eigenvalue weighted by atomic mass is 10.1. The van der Waals surface area contributed by atoms with Gasteiger partial charge < -0.3 is 4.74 Å². The Bertz CT molecular complexity index is 875. The van der Waals surface area contributed by atoms with Crippen LogP contribution in [0.15, 0.2) is 30.6 Å². The minimum Gasteiger partial charge on any atom is -0.432 e. The second-order valence-electron chi connectivity index (χ2n) is 4.93. The SMILES string of the molecule is CCc1ccc(Oc2cc(CC)nc3ncnn23)c([N+](=O)[O-])c1. The summed E-state index contributed by atoms with van der Waals surface area (Å²) in [7, 11) is 0. The van der Waals surface area contributed by atoms with Crippen molar-refractivity contribution in [2.45, 2.75) is 26.7 Å². The first kappa shape index (κ1) is 14.9. The summed E-state index contributed by atoms with van der Waals surface area (Å²) in [5.74, 6) is 0.904. The Morgan fingerprint density at radius 3 is 2.78 bits per heavy atom. The summed E-state index contributed by atoms with van der Waals surface area (Å²) in [5.41, 5.74) is 1.57. The van der Waals surface area contributed by atoms with Crippen molar-refractivity contribution in [3.63, 3.8) is 0 Å². The monoisotopic (exact) mass is 313 g/mol. The highest BCUT2D eigenvalue weighted by molar-refractivity contribution is 5.50. The maximum absolute atomic E-state index is 11.3. The Labute approximate surface area is 131 Å². The van der Waals surface area contributed by atoms with Crippen LogP contribution < -0.4 is 4.74 Å². The van der Waals surface area contributed by atoms with Crippen molar-refractivity contribution in [2.24, 2.45) is 0 Å². The minimum absolute atomic E-state index is 0.0764. The summed E-state index contributed by atoms with van der Waals surface area (Å²) >= 11 is 0. The van der Waals surface area contributed by atoms with Gasteiger partial charge in [-0.3, -0.25) is 10.1 Å². The van der Waals surface area contributed by atoms with Gasteiger partial charge in [0.2, 0.25) is 11.6 Å². The molecule has 0 aliphatic carbocycles. The van der Waals surface area contributed by atoms with E-state index in [1.165, 1.54) is 16.9 Å². The molecule has 2 heterocycles. The minimum atomic E-state index is -0.449. The molecular weight excluding hydrogens is 298 g/mol. The van der Waals surface area contributed by atoms with Crippen LogP contribution in [0.3, 0.4) is 0 Å². The van der Waals surface area contributed by atoms with Crippen LogP contribution in [-0.4, -0.2) is 24.5 Å². The van der Waals surface area contributed by atoms with Gasteiger partial charge in [0.05, 0.1) is 4.92 Å². The van der Waals surface area contributed by atoms with E-state index in [1.54, 1.807) is 12.1 Å². The van der Waals surface area contributed by atoms with Crippen LogP contribution in [0.2, 0.25) is 0 Å². The molecule has 23 heavy (non-hydrogen) atoms.